The normalized spacial score (nSPS) is 20.4. The molecule has 1 saturated heterocycles. The molecule has 1 heterocycles. The van der Waals surface area contributed by atoms with Gasteiger partial charge in [-0.25, -0.2) is 0 Å². The summed E-state index contributed by atoms with van der Waals surface area (Å²) in [6, 6.07) is 8.28. The summed E-state index contributed by atoms with van der Waals surface area (Å²) in [6.07, 6.45) is 2.67. The topological polar surface area (TPSA) is 24.5 Å². The van der Waals surface area contributed by atoms with Gasteiger partial charge in [-0.3, -0.25) is 4.90 Å². The van der Waals surface area contributed by atoms with E-state index in [1.807, 2.05) is 13.1 Å². The first-order valence-electron chi connectivity index (χ1n) is 7.34. The van der Waals surface area contributed by atoms with E-state index in [1.54, 1.807) is 0 Å². The average Bonchev–Trinajstić information content (AvgIpc) is 2.40. The monoisotopic (exact) mass is 262 g/mol. The smallest absolute Gasteiger partial charge is 0.119 e. The fourth-order valence-corrected chi connectivity index (χ4v) is 2.81. The van der Waals surface area contributed by atoms with Crippen molar-refractivity contribution >= 4 is 0 Å². The third kappa shape index (κ3) is 4.84. The van der Waals surface area contributed by atoms with Gasteiger partial charge in [0, 0.05) is 13.1 Å². The molecule has 0 radical (unpaired) electrons. The first-order chi connectivity index (χ1) is 9.28. The average molecular weight is 262 g/mol. The molecule has 0 amide bonds. The van der Waals surface area contributed by atoms with Crippen molar-refractivity contribution in [3.63, 3.8) is 0 Å². The summed E-state index contributed by atoms with van der Waals surface area (Å²) in [5, 5.41) is 3.29. The summed E-state index contributed by atoms with van der Waals surface area (Å²) in [5.41, 5.74) is 1.25. The molecule has 3 heteroatoms. The Kier molecular flexibility index (Phi) is 5.67. The van der Waals surface area contributed by atoms with Crippen LogP contribution in [0.5, 0.6) is 5.75 Å². The van der Waals surface area contributed by atoms with Gasteiger partial charge in [0.25, 0.3) is 0 Å². The van der Waals surface area contributed by atoms with Crippen LogP contribution in [0.2, 0.25) is 0 Å². The molecule has 0 spiro atoms. The molecule has 1 N–H and O–H groups in total. The van der Waals surface area contributed by atoms with Crippen LogP contribution in [0.15, 0.2) is 24.3 Å². The minimum atomic E-state index is 0.787. The Morgan fingerprint density at radius 2 is 2.32 bits per heavy atom. The van der Waals surface area contributed by atoms with Gasteiger partial charge in [0.2, 0.25) is 0 Å². The summed E-state index contributed by atoms with van der Waals surface area (Å²) >= 11 is 0. The molecule has 0 aromatic heterocycles. The Hall–Kier alpha value is -1.06. The van der Waals surface area contributed by atoms with Gasteiger partial charge >= 0.3 is 0 Å². The minimum absolute atomic E-state index is 0.787. The number of rotatable bonds is 6. The predicted octanol–water partition coefficient (Wildman–Crippen LogP) is 2.31. The van der Waals surface area contributed by atoms with Crippen LogP contribution in [0.1, 0.15) is 18.4 Å². The highest BCUT2D eigenvalue weighted by atomic mass is 16.5. The number of hydrogen-bond donors (Lipinski definition) is 1. The fraction of sp³-hybridized carbons (Fsp3) is 0.625. The standard InChI is InChI=1S/C16H26N2O/c1-14-5-3-7-16(11-14)19-10-9-18-8-4-6-15(13-18)12-17-2/h3,5,7,11,15,17H,4,6,8-10,12-13H2,1-2H3. The van der Waals surface area contributed by atoms with Crippen molar-refractivity contribution in [2.75, 3.05) is 39.8 Å². The molecular weight excluding hydrogens is 236 g/mol. The molecule has 0 aliphatic carbocycles. The van der Waals surface area contributed by atoms with Crippen LogP contribution >= 0.6 is 0 Å². The van der Waals surface area contributed by atoms with Crippen LogP contribution in [0.25, 0.3) is 0 Å². The zero-order chi connectivity index (χ0) is 13.5. The van der Waals surface area contributed by atoms with Crippen molar-refractivity contribution in [2.45, 2.75) is 19.8 Å². The van der Waals surface area contributed by atoms with Crippen LogP contribution in [-0.4, -0.2) is 44.7 Å². The maximum absolute atomic E-state index is 5.83. The van der Waals surface area contributed by atoms with Crippen molar-refractivity contribution in [1.82, 2.24) is 10.2 Å². The van der Waals surface area contributed by atoms with Crippen molar-refractivity contribution < 1.29 is 4.74 Å². The van der Waals surface area contributed by atoms with Gasteiger partial charge in [-0.1, -0.05) is 12.1 Å². The molecule has 19 heavy (non-hydrogen) atoms. The van der Waals surface area contributed by atoms with E-state index in [0.29, 0.717) is 0 Å². The summed E-state index contributed by atoms with van der Waals surface area (Å²) in [5.74, 6) is 1.79. The summed E-state index contributed by atoms with van der Waals surface area (Å²) in [7, 11) is 2.04. The molecule has 106 valence electrons. The van der Waals surface area contributed by atoms with Crippen molar-refractivity contribution in [3.8, 4) is 5.75 Å². The number of aryl methyl sites for hydroxylation is 1. The van der Waals surface area contributed by atoms with Crippen LogP contribution in [0.3, 0.4) is 0 Å². The second-order valence-corrected chi connectivity index (χ2v) is 5.53. The van der Waals surface area contributed by atoms with E-state index in [9.17, 15) is 0 Å². The lowest BCUT2D eigenvalue weighted by molar-refractivity contribution is 0.146. The Morgan fingerprint density at radius 1 is 1.42 bits per heavy atom. The number of nitrogens with zero attached hydrogens (tertiary/aromatic N) is 1. The number of ether oxygens (including phenoxy) is 1. The molecule has 1 fully saturated rings. The van der Waals surface area contributed by atoms with E-state index in [4.69, 9.17) is 4.74 Å². The molecular formula is C16H26N2O. The molecule has 1 aliphatic rings. The van der Waals surface area contributed by atoms with Crippen molar-refractivity contribution in [1.29, 1.82) is 0 Å². The minimum Gasteiger partial charge on any atom is -0.492 e. The second kappa shape index (κ2) is 7.51. The molecule has 0 bridgehead atoms. The van der Waals surface area contributed by atoms with Gasteiger partial charge in [-0.05, 0) is 63.5 Å². The highest BCUT2D eigenvalue weighted by Crippen LogP contribution is 2.16. The Balaban J connectivity index is 1.70. The lowest BCUT2D eigenvalue weighted by Crippen LogP contribution is -2.40. The van der Waals surface area contributed by atoms with E-state index in [1.165, 1.54) is 31.5 Å². The Labute approximate surface area is 116 Å². The molecule has 1 aromatic carbocycles. The van der Waals surface area contributed by atoms with Crippen LogP contribution < -0.4 is 10.1 Å². The van der Waals surface area contributed by atoms with Gasteiger partial charge in [0.15, 0.2) is 0 Å². The highest BCUT2D eigenvalue weighted by Gasteiger charge is 2.18. The number of hydrogen-bond acceptors (Lipinski definition) is 3. The largest absolute Gasteiger partial charge is 0.492 e. The molecule has 2 rings (SSSR count). The quantitative estimate of drug-likeness (QED) is 0.851. The van der Waals surface area contributed by atoms with Gasteiger partial charge in [-0.2, -0.15) is 0 Å². The second-order valence-electron chi connectivity index (χ2n) is 5.53. The number of nitrogens with one attached hydrogen (secondary N) is 1. The SMILES string of the molecule is CNCC1CCCN(CCOc2cccc(C)c2)C1. The third-order valence-corrected chi connectivity index (χ3v) is 3.76. The molecule has 1 aliphatic heterocycles. The summed E-state index contributed by atoms with van der Waals surface area (Å²) in [6.45, 7) is 7.48. The third-order valence-electron chi connectivity index (χ3n) is 3.76. The Morgan fingerprint density at radius 3 is 3.11 bits per heavy atom. The van der Waals surface area contributed by atoms with E-state index in [2.05, 4.69) is 35.3 Å². The van der Waals surface area contributed by atoms with Crippen LogP contribution in [0.4, 0.5) is 0 Å². The predicted molar refractivity (Wildman–Crippen MR) is 79.8 cm³/mol. The molecule has 3 nitrogen and oxygen atoms in total. The highest BCUT2D eigenvalue weighted by molar-refractivity contribution is 5.27. The summed E-state index contributed by atoms with van der Waals surface area (Å²) in [4.78, 5) is 2.53. The molecule has 0 saturated carbocycles. The van der Waals surface area contributed by atoms with E-state index < -0.39 is 0 Å². The lowest BCUT2D eigenvalue weighted by atomic mass is 9.98. The number of benzene rings is 1. The zero-order valence-corrected chi connectivity index (χ0v) is 12.2. The van der Waals surface area contributed by atoms with E-state index in [0.717, 1.165) is 31.4 Å². The fourth-order valence-electron chi connectivity index (χ4n) is 2.81. The van der Waals surface area contributed by atoms with Gasteiger partial charge in [0.05, 0.1) is 0 Å². The number of piperidine rings is 1. The number of likely N-dealkylation sites (tertiary alicyclic amines) is 1. The maximum Gasteiger partial charge on any atom is 0.119 e. The maximum atomic E-state index is 5.83. The van der Waals surface area contributed by atoms with Crippen molar-refractivity contribution in [3.05, 3.63) is 29.8 Å². The first kappa shape index (κ1) is 14.4. The van der Waals surface area contributed by atoms with E-state index in [-0.39, 0.29) is 0 Å². The lowest BCUT2D eigenvalue weighted by Gasteiger charge is -2.32. The molecule has 1 atom stereocenters. The van der Waals surface area contributed by atoms with Crippen molar-refractivity contribution in [2.24, 2.45) is 5.92 Å². The van der Waals surface area contributed by atoms with Gasteiger partial charge in [-0.15, -0.1) is 0 Å². The van der Waals surface area contributed by atoms with Crippen LogP contribution in [0, 0.1) is 12.8 Å². The Bertz CT molecular complexity index is 379. The van der Waals surface area contributed by atoms with Gasteiger partial charge in [0.1, 0.15) is 12.4 Å². The van der Waals surface area contributed by atoms with Gasteiger partial charge < -0.3 is 10.1 Å². The van der Waals surface area contributed by atoms with E-state index >= 15 is 0 Å². The zero-order valence-electron chi connectivity index (χ0n) is 12.2. The van der Waals surface area contributed by atoms with Crippen LogP contribution in [-0.2, 0) is 0 Å². The molecule has 1 unspecified atom stereocenters. The summed E-state index contributed by atoms with van der Waals surface area (Å²) < 4.78 is 5.83. The first-order valence-corrected chi connectivity index (χ1v) is 7.34. The molecule has 1 aromatic rings.